The van der Waals surface area contributed by atoms with Gasteiger partial charge in [-0.2, -0.15) is 5.10 Å². The summed E-state index contributed by atoms with van der Waals surface area (Å²) in [6.45, 7) is 10.4. The van der Waals surface area contributed by atoms with Crippen molar-refractivity contribution in [1.82, 2.24) is 19.7 Å². The number of piperazine rings is 1. The monoisotopic (exact) mass is 406 g/mol. The highest BCUT2D eigenvalue weighted by Crippen LogP contribution is 2.22. The quantitative estimate of drug-likeness (QED) is 0.753. The number of nitrogens with one attached hydrogen (secondary N) is 1. The zero-order valence-corrected chi connectivity index (χ0v) is 18.5. The van der Waals surface area contributed by atoms with E-state index in [2.05, 4.69) is 70.3 Å². The number of allylic oxidation sites excluding steroid dienone is 2. The van der Waals surface area contributed by atoms with E-state index in [-0.39, 0.29) is 0 Å². The van der Waals surface area contributed by atoms with Gasteiger partial charge in [-0.05, 0) is 62.6 Å². The molecule has 6 heteroatoms. The van der Waals surface area contributed by atoms with E-state index in [1.165, 1.54) is 35.9 Å². The van der Waals surface area contributed by atoms with Gasteiger partial charge in [-0.25, -0.2) is 9.67 Å². The highest BCUT2D eigenvalue weighted by molar-refractivity contribution is 5.48. The molecule has 2 aromatic heterocycles. The van der Waals surface area contributed by atoms with Crippen LogP contribution in [0.1, 0.15) is 39.2 Å². The molecule has 0 saturated carbocycles. The van der Waals surface area contributed by atoms with Crippen molar-refractivity contribution < 1.29 is 0 Å². The summed E-state index contributed by atoms with van der Waals surface area (Å²) >= 11 is 0. The number of aryl methyl sites for hydroxylation is 1. The molecule has 1 saturated heterocycles. The van der Waals surface area contributed by atoms with Gasteiger partial charge in [-0.15, -0.1) is 0 Å². The van der Waals surface area contributed by atoms with Crippen LogP contribution >= 0.6 is 0 Å². The predicted octanol–water partition coefficient (Wildman–Crippen LogP) is 4.27. The molecule has 160 valence electrons. The minimum Gasteiger partial charge on any atom is -0.368 e. The first-order valence-electron chi connectivity index (χ1n) is 11.0. The largest absolute Gasteiger partial charge is 0.368 e. The van der Waals surface area contributed by atoms with Gasteiger partial charge >= 0.3 is 0 Å². The Labute approximate surface area is 180 Å². The molecule has 1 N–H and O–H groups in total. The Balaban J connectivity index is 0.000000806. The second kappa shape index (κ2) is 10.9. The van der Waals surface area contributed by atoms with Crippen LogP contribution in [-0.4, -0.2) is 58.1 Å². The molecular formula is C24H34N6. The van der Waals surface area contributed by atoms with Crippen molar-refractivity contribution in [2.75, 3.05) is 31.1 Å². The van der Waals surface area contributed by atoms with Crippen LogP contribution in [0.3, 0.4) is 0 Å². The number of pyridine rings is 1. The molecule has 1 aliphatic carbocycles. The summed E-state index contributed by atoms with van der Waals surface area (Å²) < 4.78 is 1.85. The Kier molecular flexibility index (Phi) is 7.97. The van der Waals surface area contributed by atoms with Gasteiger partial charge in [0.2, 0.25) is 0 Å². The Morgan fingerprint density at radius 2 is 1.90 bits per heavy atom. The standard InChI is InChI=1S/C22H29N5.C2H5N/c1-3-19-15-24-27(17-19)22-10-9-21(16-23-22)26-13-11-25(12-14-26)18(2)20-7-5-4-6-8-20;1-2-3/h5,7-10,15-18H,3-4,6,11-14H2,1-2H3;2-3H,1H3. The lowest BCUT2D eigenvalue weighted by atomic mass is 9.99. The third-order valence-electron chi connectivity index (χ3n) is 5.74. The van der Waals surface area contributed by atoms with Crippen molar-refractivity contribution in [3.8, 4) is 5.82 Å². The summed E-state index contributed by atoms with van der Waals surface area (Å²) in [5, 5.41) is 10.5. The lowest BCUT2D eigenvalue weighted by molar-refractivity contribution is 0.221. The summed E-state index contributed by atoms with van der Waals surface area (Å²) in [7, 11) is 0. The van der Waals surface area contributed by atoms with Crippen LogP contribution in [-0.2, 0) is 6.42 Å². The molecule has 0 bridgehead atoms. The van der Waals surface area contributed by atoms with Crippen molar-refractivity contribution >= 4 is 11.9 Å². The molecular weight excluding hydrogens is 372 g/mol. The minimum atomic E-state index is 0.511. The SMILES string of the molecule is CC=N.CCc1cnn(-c2ccc(N3CCN(C(C)C4=CCCC=C4)CC3)cn2)c1. The van der Waals surface area contributed by atoms with Crippen molar-refractivity contribution in [3.05, 3.63) is 60.1 Å². The highest BCUT2D eigenvalue weighted by atomic mass is 15.3. The second-order valence-corrected chi connectivity index (χ2v) is 7.69. The third-order valence-corrected chi connectivity index (χ3v) is 5.74. The van der Waals surface area contributed by atoms with E-state index < -0.39 is 0 Å². The van der Waals surface area contributed by atoms with Crippen molar-refractivity contribution in [2.24, 2.45) is 0 Å². The average Bonchev–Trinajstić information content (AvgIpc) is 3.29. The molecule has 2 aliphatic rings. The van der Waals surface area contributed by atoms with Crippen molar-refractivity contribution in [3.63, 3.8) is 0 Å². The molecule has 2 aromatic rings. The molecule has 1 aliphatic heterocycles. The van der Waals surface area contributed by atoms with Gasteiger partial charge in [0.05, 0.1) is 18.1 Å². The first-order chi connectivity index (χ1) is 14.7. The van der Waals surface area contributed by atoms with Crippen LogP contribution in [0.4, 0.5) is 5.69 Å². The highest BCUT2D eigenvalue weighted by Gasteiger charge is 2.23. The number of hydrogen-bond acceptors (Lipinski definition) is 5. The van der Waals surface area contributed by atoms with E-state index in [1.807, 2.05) is 17.1 Å². The van der Waals surface area contributed by atoms with Gasteiger partial charge < -0.3 is 10.3 Å². The molecule has 1 fully saturated rings. The van der Waals surface area contributed by atoms with Crippen LogP contribution < -0.4 is 4.90 Å². The number of anilines is 1. The van der Waals surface area contributed by atoms with Gasteiger partial charge in [0.15, 0.2) is 5.82 Å². The van der Waals surface area contributed by atoms with Crippen LogP contribution in [0.15, 0.2) is 54.5 Å². The lowest BCUT2D eigenvalue weighted by Gasteiger charge is -2.39. The smallest absolute Gasteiger partial charge is 0.153 e. The van der Waals surface area contributed by atoms with E-state index in [9.17, 15) is 0 Å². The van der Waals surface area contributed by atoms with Crippen LogP contribution in [0.2, 0.25) is 0 Å². The topological polar surface area (TPSA) is 61.0 Å². The normalized spacial score (nSPS) is 17.7. The number of aromatic nitrogens is 3. The maximum Gasteiger partial charge on any atom is 0.153 e. The molecule has 1 atom stereocenters. The van der Waals surface area contributed by atoms with Crippen molar-refractivity contribution in [1.29, 1.82) is 5.41 Å². The maximum absolute atomic E-state index is 6.08. The summed E-state index contributed by atoms with van der Waals surface area (Å²) in [6.07, 6.45) is 17.6. The minimum absolute atomic E-state index is 0.511. The molecule has 30 heavy (non-hydrogen) atoms. The van der Waals surface area contributed by atoms with E-state index in [0.29, 0.717) is 6.04 Å². The Bertz CT molecular complexity index is 856. The van der Waals surface area contributed by atoms with Gasteiger partial charge in [-0.1, -0.05) is 25.2 Å². The van der Waals surface area contributed by atoms with E-state index in [0.717, 1.165) is 38.4 Å². The molecule has 1 unspecified atom stereocenters. The molecule has 3 heterocycles. The first-order valence-corrected chi connectivity index (χ1v) is 11.0. The van der Waals surface area contributed by atoms with E-state index in [4.69, 9.17) is 5.41 Å². The van der Waals surface area contributed by atoms with Crippen molar-refractivity contribution in [2.45, 2.75) is 46.1 Å². The zero-order valence-electron chi connectivity index (χ0n) is 18.5. The second-order valence-electron chi connectivity index (χ2n) is 7.69. The fraction of sp³-hybridized carbons (Fsp3) is 0.458. The maximum atomic E-state index is 6.08. The summed E-state index contributed by atoms with van der Waals surface area (Å²) in [6, 6.07) is 4.74. The van der Waals surface area contributed by atoms with Crippen LogP contribution in [0.25, 0.3) is 5.82 Å². The number of hydrogen-bond donors (Lipinski definition) is 1. The summed E-state index contributed by atoms with van der Waals surface area (Å²) in [5.41, 5.74) is 3.91. The van der Waals surface area contributed by atoms with Crippen LogP contribution in [0, 0.1) is 5.41 Å². The predicted molar refractivity (Wildman–Crippen MR) is 125 cm³/mol. The molecule has 0 radical (unpaired) electrons. The zero-order chi connectivity index (χ0) is 21.3. The Morgan fingerprint density at radius 3 is 2.47 bits per heavy atom. The van der Waals surface area contributed by atoms with E-state index in [1.54, 1.807) is 6.92 Å². The molecule has 0 spiro atoms. The van der Waals surface area contributed by atoms with Gasteiger partial charge in [0.25, 0.3) is 0 Å². The summed E-state index contributed by atoms with van der Waals surface area (Å²) in [5.74, 6) is 0.877. The average molecular weight is 407 g/mol. The Morgan fingerprint density at radius 1 is 1.13 bits per heavy atom. The number of rotatable bonds is 5. The molecule has 0 aromatic carbocycles. The molecule has 6 nitrogen and oxygen atoms in total. The van der Waals surface area contributed by atoms with Gasteiger partial charge in [-0.3, -0.25) is 4.90 Å². The van der Waals surface area contributed by atoms with E-state index >= 15 is 0 Å². The molecule has 0 amide bonds. The first kappa shape index (κ1) is 22.0. The molecule has 4 rings (SSSR count). The van der Waals surface area contributed by atoms with Gasteiger partial charge in [0.1, 0.15) is 0 Å². The van der Waals surface area contributed by atoms with Gasteiger partial charge in [0, 0.05) is 38.4 Å². The fourth-order valence-corrected chi connectivity index (χ4v) is 3.89. The fourth-order valence-electron chi connectivity index (χ4n) is 3.89. The number of nitrogens with zero attached hydrogens (tertiary/aromatic N) is 5. The summed E-state index contributed by atoms with van der Waals surface area (Å²) in [4.78, 5) is 9.66. The third kappa shape index (κ3) is 5.45. The lowest BCUT2D eigenvalue weighted by Crippen LogP contribution is -2.50. The van der Waals surface area contributed by atoms with Crippen LogP contribution in [0.5, 0.6) is 0 Å². The Hall–Kier alpha value is -2.73.